The van der Waals surface area contributed by atoms with E-state index in [-0.39, 0.29) is 6.10 Å². The van der Waals surface area contributed by atoms with Crippen LogP contribution in [0.4, 0.5) is 5.95 Å². The molecule has 0 spiro atoms. The molecule has 0 saturated heterocycles. The average molecular weight is 258 g/mol. The van der Waals surface area contributed by atoms with Crippen molar-refractivity contribution in [3.8, 4) is 17.0 Å². The number of nitrogens with two attached hydrogens (primary N) is 1. The van der Waals surface area contributed by atoms with E-state index < -0.39 is 0 Å². The van der Waals surface area contributed by atoms with E-state index in [9.17, 15) is 0 Å². The van der Waals surface area contributed by atoms with Crippen LogP contribution >= 0.6 is 0 Å². The van der Waals surface area contributed by atoms with Crippen LogP contribution in [0.3, 0.4) is 0 Å². The molecule has 0 atom stereocenters. The SMILES string of the molecule is Cc1cc(-c2ccc(OC(C)C)cc2)nc(NN)n1. The third-order valence-corrected chi connectivity index (χ3v) is 2.51. The Bertz CT molecular complexity index is 552. The number of aromatic nitrogens is 2. The Hall–Kier alpha value is -2.14. The van der Waals surface area contributed by atoms with Crippen molar-refractivity contribution < 1.29 is 4.74 Å². The number of nitrogen functional groups attached to an aromatic ring is 1. The summed E-state index contributed by atoms with van der Waals surface area (Å²) in [6, 6.07) is 9.73. The molecule has 100 valence electrons. The summed E-state index contributed by atoms with van der Waals surface area (Å²) >= 11 is 0. The summed E-state index contributed by atoms with van der Waals surface area (Å²) in [6.07, 6.45) is 0.167. The second-order valence-corrected chi connectivity index (χ2v) is 4.55. The highest BCUT2D eigenvalue weighted by Gasteiger charge is 2.05. The van der Waals surface area contributed by atoms with E-state index in [0.717, 1.165) is 22.7 Å². The first-order valence-corrected chi connectivity index (χ1v) is 6.18. The zero-order valence-corrected chi connectivity index (χ0v) is 11.3. The number of anilines is 1. The molecule has 2 rings (SSSR count). The van der Waals surface area contributed by atoms with Gasteiger partial charge in [-0.1, -0.05) is 0 Å². The molecule has 2 aromatic rings. The number of hydrogen-bond acceptors (Lipinski definition) is 5. The van der Waals surface area contributed by atoms with Crippen LogP contribution in [0.15, 0.2) is 30.3 Å². The number of benzene rings is 1. The fourth-order valence-corrected chi connectivity index (χ4v) is 1.76. The average Bonchev–Trinajstić information content (AvgIpc) is 2.38. The zero-order valence-electron chi connectivity index (χ0n) is 11.3. The molecular weight excluding hydrogens is 240 g/mol. The first-order valence-electron chi connectivity index (χ1n) is 6.18. The van der Waals surface area contributed by atoms with Gasteiger partial charge in [-0.25, -0.2) is 15.8 Å². The number of ether oxygens (including phenoxy) is 1. The standard InChI is InChI=1S/C14H18N4O/c1-9(2)19-12-6-4-11(5-7-12)13-8-10(3)16-14(17-13)18-15/h4-9H,15H2,1-3H3,(H,16,17,18). The van der Waals surface area contributed by atoms with Crippen LogP contribution in [0.2, 0.25) is 0 Å². The topological polar surface area (TPSA) is 73.1 Å². The molecule has 0 aliphatic heterocycles. The van der Waals surface area contributed by atoms with Crippen LogP contribution < -0.4 is 16.0 Å². The monoisotopic (exact) mass is 258 g/mol. The lowest BCUT2D eigenvalue weighted by Crippen LogP contribution is -2.11. The van der Waals surface area contributed by atoms with E-state index in [1.807, 2.05) is 51.1 Å². The van der Waals surface area contributed by atoms with Crippen LogP contribution in [0.1, 0.15) is 19.5 Å². The normalized spacial score (nSPS) is 10.6. The molecule has 19 heavy (non-hydrogen) atoms. The summed E-state index contributed by atoms with van der Waals surface area (Å²) < 4.78 is 5.61. The van der Waals surface area contributed by atoms with E-state index in [1.54, 1.807) is 0 Å². The summed E-state index contributed by atoms with van der Waals surface area (Å²) in [5.74, 6) is 6.61. The summed E-state index contributed by atoms with van der Waals surface area (Å²) in [4.78, 5) is 8.49. The van der Waals surface area contributed by atoms with Crippen LogP contribution in [0.5, 0.6) is 5.75 Å². The Kier molecular flexibility index (Phi) is 3.97. The van der Waals surface area contributed by atoms with Gasteiger partial charge in [0, 0.05) is 11.3 Å². The molecule has 0 amide bonds. The second-order valence-electron chi connectivity index (χ2n) is 4.55. The van der Waals surface area contributed by atoms with Crippen molar-refractivity contribution in [1.29, 1.82) is 0 Å². The zero-order chi connectivity index (χ0) is 13.8. The van der Waals surface area contributed by atoms with Crippen molar-refractivity contribution >= 4 is 5.95 Å². The molecule has 5 nitrogen and oxygen atoms in total. The summed E-state index contributed by atoms with van der Waals surface area (Å²) in [6.45, 7) is 5.91. The lowest BCUT2D eigenvalue weighted by atomic mass is 10.1. The Morgan fingerprint density at radius 2 is 1.84 bits per heavy atom. The van der Waals surface area contributed by atoms with Crippen molar-refractivity contribution in [2.75, 3.05) is 5.43 Å². The van der Waals surface area contributed by atoms with E-state index in [1.165, 1.54) is 0 Å². The van der Waals surface area contributed by atoms with Gasteiger partial charge in [0.15, 0.2) is 0 Å². The maximum absolute atomic E-state index is 5.61. The Balaban J connectivity index is 2.29. The van der Waals surface area contributed by atoms with Crippen LogP contribution in [0.25, 0.3) is 11.3 Å². The third-order valence-electron chi connectivity index (χ3n) is 2.51. The van der Waals surface area contributed by atoms with Crippen molar-refractivity contribution in [3.63, 3.8) is 0 Å². The fraction of sp³-hybridized carbons (Fsp3) is 0.286. The highest BCUT2D eigenvalue weighted by atomic mass is 16.5. The summed E-state index contributed by atoms with van der Waals surface area (Å²) in [7, 11) is 0. The molecule has 1 aromatic carbocycles. The molecular formula is C14H18N4O. The molecule has 0 unspecified atom stereocenters. The Labute approximate surface area is 112 Å². The van der Waals surface area contributed by atoms with Crippen molar-refractivity contribution in [2.24, 2.45) is 5.84 Å². The summed E-state index contributed by atoms with van der Waals surface area (Å²) in [5.41, 5.74) is 5.16. The van der Waals surface area contributed by atoms with E-state index in [4.69, 9.17) is 10.6 Å². The number of rotatable bonds is 4. The minimum Gasteiger partial charge on any atom is -0.491 e. The van der Waals surface area contributed by atoms with Crippen molar-refractivity contribution in [3.05, 3.63) is 36.0 Å². The third kappa shape index (κ3) is 3.42. The molecule has 0 aliphatic carbocycles. The van der Waals surface area contributed by atoms with Gasteiger partial charge in [-0.05, 0) is 51.1 Å². The van der Waals surface area contributed by atoms with Crippen molar-refractivity contribution in [2.45, 2.75) is 26.9 Å². The van der Waals surface area contributed by atoms with E-state index in [0.29, 0.717) is 5.95 Å². The molecule has 0 fully saturated rings. The highest BCUT2D eigenvalue weighted by Crippen LogP contribution is 2.22. The molecule has 5 heteroatoms. The van der Waals surface area contributed by atoms with Crippen molar-refractivity contribution in [1.82, 2.24) is 9.97 Å². The van der Waals surface area contributed by atoms with Crippen LogP contribution in [-0.4, -0.2) is 16.1 Å². The number of nitrogens with zero attached hydrogens (tertiary/aromatic N) is 2. The first-order chi connectivity index (χ1) is 9.08. The molecule has 0 bridgehead atoms. The molecule has 0 aliphatic rings. The Morgan fingerprint density at radius 1 is 1.16 bits per heavy atom. The highest BCUT2D eigenvalue weighted by molar-refractivity contribution is 5.61. The predicted octanol–water partition coefficient (Wildman–Crippen LogP) is 2.52. The number of aryl methyl sites for hydroxylation is 1. The van der Waals surface area contributed by atoms with E-state index >= 15 is 0 Å². The minimum atomic E-state index is 0.167. The van der Waals surface area contributed by atoms with E-state index in [2.05, 4.69) is 15.4 Å². The summed E-state index contributed by atoms with van der Waals surface area (Å²) in [5, 5.41) is 0. The maximum atomic E-state index is 5.61. The maximum Gasteiger partial charge on any atom is 0.237 e. The van der Waals surface area contributed by atoms with Crippen LogP contribution in [-0.2, 0) is 0 Å². The largest absolute Gasteiger partial charge is 0.491 e. The minimum absolute atomic E-state index is 0.167. The van der Waals surface area contributed by atoms with Gasteiger partial charge in [-0.3, -0.25) is 5.43 Å². The van der Waals surface area contributed by atoms with Gasteiger partial charge in [0.05, 0.1) is 11.8 Å². The molecule has 0 saturated carbocycles. The van der Waals surface area contributed by atoms with Gasteiger partial charge in [0.2, 0.25) is 5.95 Å². The lowest BCUT2D eigenvalue weighted by Gasteiger charge is -2.10. The van der Waals surface area contributed by atoms with Crippen LogP contribution in [0, 0.1) is 6.92 Å². The quantitative estimate of drug-likeness (QED) is 0.651. The smallest absolute Gasteiger partial charge is 0.237 e. The lowest BCUT2D eigenvalue weighted by molar-refractivity contribution is 0.242. The van der Waals surface area contributed by atoms with Gasteiger partial charge >= 0.3 is 0 Å². The Morgan fingerprint density at radius 3 is 2.42 bits per heavy atom. The van der Waals surface area contributed by atoms with Gasteiger partial charge in [0.1, 0.15) is 5.75 Å². The molecule has 1 aromatic heterocycles. The van der Waals surface area contributed by atoms with Gasteiger partial charge in [-0.15, -0.1) is 0 Å². The molecule has 1 heterocycles. The van der Waals surface area contributed by atoms with Gasteiger partial charge in [-0.2, -0.15) is 0 Å². The number of hydrazine groups is 1. The number of hydrogen-bond donors (Lipinski definition) is 2. The molecule has 0 radical (unpaired) electrons. The van der Waals surface area contributed by atoms with Gasteiger partial charge < -0.3 is 4.74 Å². The fourth-order valence-electron chi connectivity index (χ4n) is 1.76. The first kappa shape index (κ1) is 13.3. The van der Waals surface area contributed by atoms with Gasteiger partial charge in [0.25, 0.3) is 0 Å². The predicted molar refractivity (Wildman–Crippen MR) is 75.8 cm³/mol. The number of nitrogens with one attached hydrogen (secondary N) is 1. The second kappa shape index (κ2) is 5.67. The molecule has 3 N–H and O–H groups in total.